The number of benzene rings is 2. The molecule has 44 heteroatoms. The molecular weight excluding hydrogens is 1600 g/mol. The van der Waals surface area contributed by atoms with Crippen LogP contribution in [-0.2, 0) is 87.2 Å². The molecule has 0 amide bonds. The van der Waals surface area contributed by atoms with Gasteiger partial charge in [0.1, 0.15) is 11.4 Å². The van der Waals surface area contributed by atoms with Crippen LogP contribution in [0.25, 0.3) is 22.5 Å². The summed E-state index contributed by atoms with van der Waals surface area (Å²) < 4.78 is 8.76. The van der Waals surface area contributed by atoms with Gasteiger partial charge in [-0.3, -0.25) is 105 Å². The molecule has 4 aliphatic rings. The van der Waals surface area contributed by atoms with E-state index in [1.54, 1.807) is 58.8 Å². The van der Waals surface area contributed by atoms with E-state index in [1.807, 2.05) is 54.7 Å². The number of carboxylic acid groups (broad SMARTS) is 6. The second-order valence-corrected chi connectivity index (χ2v) is 31.9. The van der Waals surface area contributed by atoms with Gasteiger partial charge in [0, 0.05) is 191 Å². The van der Waals surface area contributed by atoms with Crippen molar-refractivity contribution in [2.45, 2.75) is 119 Å². The molecule has 4 saturated heterocycles. The maximum atomic E-state index is 13.3. The van der Waals surface area contributed by atoms with Crippen molar-refractivity contribution in [3.8, 4) is 22.5 Å². The van der Waals surface area contributed by atoms with Crippen molar-refractivity contribution in [1.29, 1.82) is 0 Å². The number of aryl methyl sites for hydroxylation is 4. The third-order valence-electron chi connectivity index (χ3n) is 20.3. The number of carbonyl (C=O) groups excluding carboxylic acids is 4. The van der Waals surface area contributed by atoms with Crippen LogP contribution in [0.1, 0.15) is 65.1 Å². The monoisotopic (exact) mass is 1700 g/mol. The average molecular weight is 1710 g/mol. The van der Waals surface area contributed by atoms with E-state index in [0.717, 1.165) is 22.3 Å². The van der Waals surface area contributed by atoms with Crippen LogP contribution in [0.2, 0.25) is 0 Å². The van der Waals surface area contributed by atoms with Gasteiger partial charge < -0.3 is 51.1 Å². The summed E-state index contributed by atoms with van der Waals surface area (Å²) in [6.45, 7) is 10.7. The molecule has 10 N–H and O–H groups in total. The summed E-state index contributed by atoms with van der Waals surface area (Å²) in [5, 5.41) is 112. The molecule has 0 saturated carbocycles. The first-order valence-corrected chi connectivity index (χ1v) is 40.4. The number of thioether (sulfide) groups is 2. The van der Waals surface area contributed by atoms with E-state index < -0.39 is 64.7 Å². The van der Waals surface area contributed by atoms with Crippen molar-refractivity contribution in [2.24, 2.45) is 0 Å². The highest BCUT2D eigenvalue weighted by Gasteiger charge is 2.37. The molecule has 0 aliphatic carbocycles. The van der Waals surface area contributed by atoms with Crippen LogP contribution >= 0.6 is 23.5 Å². The summed E-state index contributed by atoms with van der Waals surface area (Å²) >= 11 is 2.65. The van der Waals surface area contributed by atoms with Crippen LogP contribution in [-0.4, -0.2) is 367 Å². The van der Waals surface area contributed by atoms with Crippen LogP contribution in [0.5, 0.6) is 0 Å². The molecular formula is C75H104N18O24S2. The fourth-order valence-corrected chi connectivity index (χ4v) is 16.8. The fourth-order valence-electron chi connectivity index (χ4n) is 14.1. The third-order valence-corrected chi connectivity index (χ3v) is 23.4. The van der Waals surface area contributed by atoms with Gasteiger partial charge in [-0.2, -0.15) is 19.2 Å². The number of carbonyl (C=O) groups is 6. The molecule has 2 aromatic carbocycles. The first-order valence-electron chi connectivity index (χ1n) is 38.5. The lowest BCUT2D eigenvalue weighted by Gasteiger charge is -2.33. The summed E-state index contributed by atoms with van der Waals surface area (Å²) in [5.41, 5.74) is 4.21. The molecule has 4 aliphatic heterocycles. The quantitative estimate of drug-likeness (QED) is 0.0197. The van der Waals surface area contributed by atoms with E-state index in [9.17, 15) is 99.0 Å². The van der Waals surface area contributed by atoms with E-state index in [-0.39, 0.29) is 105 Å². The van der Waals surface area contributed by atoms with Gasteiger partial charge in [-0.15, -0.1) is 33.7 Å². The molecule has 4 unspecified atom stereocenters. The van der Waals surface area contributed by atoms with Gasteiger partial charge in [0.25, 0.3) is 11.1 Å². The van der Waals surface area contributed by atoms with Gasteiger partial charge >= 0.3 is 59.5 Å². The zero-order valence-corrected chi connectivity index (χ0v) is 67.8. The van der Waals surface area contributed by atoms with E-state index in [4.69, 9.17) is 19.2 Å². The summed E-state index contributed by atoms with van der Waals surface area (Å²) in [4.78, 5) is 169. The number of carboxylic acids is 6. The number of nitrogens with zero attached hydrogens (tertiary/aromatic N) is 18. The van der Waals surface area contributed by atoms with Crippen LogP contribution in [0, 0.1) is 13.8 Å². The second-order valence-electron chi connectivity index (χ2n) is 29.1. The van der Waals surface area contributed by atoms with Gasteiger partial charge in [-0.1, -0.05) is 59.0 Å². The predicted molar refractivity (Wildman–Crippen MR) is 425 cm³/mol. The number of aliphatic hydroxyl groups is 4. The van der Waals surface area contributed by atoms with Crippen molar-refractivity contribution in [3.63, 3.8) is 0 Å². The van der Waals surface area contributed by atoms with Crippen LogP contribution in [0.15, 0.2) is 92.5 Å². The summed E-state index contributed by atoms with van der Waals surface area (Å²) in [6.07, 6.45) is 7.93. The van der Waals surface area contributed by atoms with Crippen LogP contribution in [0.3, 0.4) is 0 Å². The lowest BCUT2D eigenvalue weighted by molar-refractivity contribution is -0.193. The number of aromatic nitrogens is 10. The SMILES string of the molecule is Cc1cn(C2CC(O)[C@@H](CO)S2)c(=O)n(CCCCn2cc(-c3ccc(CN4CCN(CC(=O)O)CCN(CC(=O)O)CCN(CC(=O)O)CC4)cc3)nn2)c1=O.Cc1cn(C2CC(O)[C@@H](CO)S2)c(=O)n(CCCn2cc(-c3ccc(CN4CCN(CC(=O)O)CCN(CC(=O)O)CCN(CC(=O)O)CC4)cc3)nn2)c1=O.O=C=O.O=C=O. The lowest BCUT2D eigenvalue weighted by Crippen LogP contribution is -2.48. The predicted octanol–water partition coefficient (Wildman–Crippen LogP) is -2.78. The van der Waals surface area contributed by atoms with Crippen LogP contribution < -0.4 is 22.5 Å². The minimum Gasteiger partial charge on any atom is -0.480 e. The van der Waals surface area contributed by atoms with Gasteiger partial charge in [0.15, 0.2) is 0 Å². The smallest absolute Gasteiger partial charge is 0.373 e. The number of rotatable bonds is 31. The molecule has 0 radical (unpaired) electrons. The second kappa shape index (κ2) is 48.8. The van der Waals surface area contributed by atoms with Crippen molar-refractivity contribution in [1.82, 2.24) is 87.5 Å². The molecule has 4 fully saturated rings. The Morgan fingerprint density at radius 2 is 0.655 bits per heavy atom. The van der Waals surface area contributed by atoms with Crippen LogP contribution in [0.4, 0.5) is 0 Å². The molecule has 650 valence electrons. The Kier molecular flexibility index (Phi) is 39.4. The Labute approximate surface area is 690 Å². The Bertz CT molecular complexity index is 4550. The molecule has 8 heterocycles. The number of aliphatic carboxylic acids is 6. The zero-order valence-electron chi connectivity index (χ0n) is 66.2. The highest BCUT2D eigenvalue weighted by Crippen LogP contribution is 2.42. The zero-order chi connectivity index (χ0) is 86.8. The highest BCUT2D eigenvalue weighted by molar-refractivity contribution is 8.00. The Morgan fingerprint density at radius 3 is 0.924 bits per heavy atom. The average Bonchev–Trinajstić information content (AvgIpc) is 1.73. The van der Waals surface area contributed by atoms with Crippen molar-refractivity contribution in [2.75, 3.05) is 157 Å². The number of hydrogen-bond acceptors (Lipinski definition) is 32. The maximum Gasteiger partial charge on any atom is 0.373 e. The first kappa shape index (κ1) is 96.0. The van der Waals surface area contributed by atoms with Gasteiger partial charge in [-0.05, 0) is 44.2 Å². The summed E-state index contributed by atoms with van der Waals surface area (Å²) in [6, 6.07) is 15.7. The van der Waals surface area contributed by atoms with E-state index >= 15 is 0 Å². The Balaban J connectivity index is 0.000000308. The Hall–Kier alpha value is -10.1. The fraction of sp³-hybridized carbons (Fsp3) is 0.573. The van der Waals surface area contributed by atoms with Crippen molar-refractivity contribution in [3.05, 3.63) is 137 Å². The minimum absolute atomic E-state index is 0.161. The normalized spacial score (nSPS) is 20.1. The molecule has 6 aromatic rings. The van der Waals surface area contributed by atoms with Crippen molar-refractivity contribution < 1.29 is 99.0 Å². The highest BCUT2D eigenvalue weighted by atomic mass is 32.2. The van der Waals surface area contributed by atoms with Gasteiger partial charge in [0.2, 0.25) is 0 Å². The Morgan fingerprint density at radius 1 is 0.395 bits per heavy atom. The topological polar surface area (TPSA) is 548 Å². The molecule has 10 rings (SSSR count). The molecule has 0 bridgehead atoms. The summed E-state index contributed by atoms with van der Waals surface area (Å²) in [7, 11) is 0. The molecule has 0 spiro atoms. The van der Waals surface area contributed by atoms with E-state index in [2.05, 4.69) is 30.4 Å². The lowest BCUT2D eigenvalue weighted by atomic mass is 10.1. The standard InChI is InChI=1S/C37H53N9O10S.C36H51N9O10S.2CO2/c1-26-19-46(32-18-30(48)31(25-47)57-32)37(56)45(36(26)55)9-3-2-8-44-21-29(38-39-44)28-6-4-27(5-7-28)20-40-10-12-41(22-33(49)50)14-16-43(24-35(53)54)17-15-42(13-11-40)23-34(51)52;1-25-18-45(31-17-29(47)30(24-46)56-31)36(55)44(35(25)54)8-2-7-43-20-28(37-38-43)27-5-3-26(4-6-27)19-39-9-11-40(21-32(48)49)13-15-42(23-34(52)53)16-14-41(12-10-39)22-33(50)51;2*2-1-3/h4-7,19,21,30-32,47-48H,2-3,8-18,20,22-25H2,1H3,(H,49,50)(H,51,52)(H,53,54);3-6,18,20,29-31,46-47H,2,7-17,19,21-24H2,1H3,(H,48,49)(H,50,51)(H,52,53);;/t30?,31-,32?;29?,30-,31?;;/m11../s1. The number of unbranched alkanes of at least 4 members (excludes halogenated alkanes) is 1. The van der Waals surface area contributed by atoms with E-state index in [0.29, 0.717) is 186 Å². The van der Waals surface area contributed by atoms with Crippen molar-refractivity contribution >= 4 is 71.6 Å². The number of hydrogen-bond donors (Lipinski definition) is 10. The molecule has 6 atom stereocenters. The van der Waals surface area contributed by atoms with Gasteiger partial charge in [0.05, 0.1) is 98.3 Å². The molecule has 4 aromatic heterocycles. The molecule has 42 nitrogen and oxygen atoms in total. The van der Waals surface area contributed by atoms with Gasteiger partial charge in [-0.25, -0.2) is 9.59 Å². The minimum atomic E-state index is -1.00. The third kappa shape index (κ3) is 31.2. The largest absolute Gasteiger partial charge is 0.480 e. The summed E-state index contributed by atoms with van der Waals surface area (Å²) in [5.74, 6) is -5.89. The number of aliphatic hydroxyl groups excluding tert-OH is 4. The van der Waals surface area contributed by atoms with E-state index in [1.165, 1.54) is 54.2 Å². The first-order chi connectivity index (χ1) is 56.9. The maximum absolute atomic E-state index is 13.3. The molecule has 119 heavy (non-hydrogen) atoms.